The van der Waals surface area contributed by atoms with Crippen molar-refractivity contribution in [3.8, 4) is 0 Å². The van der Waals surface area contributed by atoms with Crippen LogP contribution in [0.4, 0.5) is 0 Å². The minimum Gasteiger partial charge on any atom is -0.465 e. The first-order valence-corrected chi connectivity index (χ1v) is 8.70. The van der Waals surface area contributed by atoms with Gasteiger partial charge in [-0.1, -0.05) is 0 Å². The molecule has 0 radical (unpaired) electrons. The number of nitrogens with zero attached hydrogens (tertiary/aromatic N) is 1. The summed E-state index contributed by atoms with van der Waals surface area (Å²) in [5.74, 6) is -0.995. The molecule has 7 nitrogen and oxygen atoms in total. The Labute approximate surface area is 119 Å². The zero-order chi connectivity index (χ0) is 15.3. The van der Waals surface area contributed by atoms with Gasteiger partial charge in [0.1, 0.15) is 16.4 Å². The van der Waals surface area contributed by atoms with E-state index in [4.69, 9.17) is 10.5 Å². The van der Waals surface area contributed by atoms with Crippen LogP contribution in [0.3, 0.4) is 0 Å². The van der Waals surface area contributed by atoms with Gasteiger partial charge in [-0.3, -0.25) is 9.59 Å². The van der Waals surface area contributed by atoms with Gasteiger partial charge < -0.3 is 15.4 Å². The van der Waals surface area contributed by atoms with Crippen LogP contribution in [0.5, 0.6) is 0 Å². The summed E-state index contributed by atoms with van der Waals surface area (Å²) in [7, 11) is -3.16. The minimum atomic E-state index is -3.16. The molecule has 0 aromatic carbocycles. The second-order valence-corrected chi connectivity index (χ2v) is 7.29. The number of carbonyl (C=O) groups excluding carboxylic acids is 2. The Bertz CT molecular complexity index is 458. The first-order chi connectivity index (χ1) is 9.24. The van der Waals surface area contributed by atoms with Crippen LogP contribution in [0, 0.1) is 0 Å². The molecule has 2 N–H and O–H groups in total. The van der Waals surface area contributed by atoms with Crippen molar-refractivity contribution in [2.24, 2.45) is 5.73 Å². The monoisotopic (exact) mass is 306 g/mol. The highest BCUT2D eigenvalue weighted by atomic mass is 32.2. The molecule has 1 amide bonds. The standard InChI is InChI=1S/C12H22N2O5S/c1-3-19-11(15)8-14(9-4-5-9)12(16)10(13)6-7-20(2,17)18/h9-10H,3-8,13H2,1-2H3. The quantitative estimate of drug-likeness (QED) is 0.594. The normalized spacial score (nSPS) is 16.6. The van der Waals surface area contributed by atoms with Crippen molar-refractivity contribution >= 4 is 21.7 Å². The number of rotatable bonds is 8. The summed E-state index contributed by atoms with van der Waals surface area (Å²) in [6.07, 6.45) is 2.83. The molecule has 1 saturated carbocycles. The molecule has 0 spiro atoms. The average Bonchev–Trinajstić information content (AvgIpc) is 3.15. The van der Waals surface area contributed by atoms with Crippen LogP contribution in [-0.4, -0.2) is 62.4 Å². The molecule has 1 aliphatic rings. The third-order valence-corrected chi connectivity index (χ3v) is 3.97. The summed E-state index contributed by atoms with van der Waals surface area (Å²) in [4.78, 5) is 25.1. The topological polar surface area (TPSA) is 107 Å². The van der Waals surface area contributed by atoms with Gasteiger partial charge >= 0.3 is 5.97 Å². The number of hydrogen-bond donors (Lipinski definition) is 1. The van der Waals surface area contributed by atoms with Gasteiger partial charge in [-0.15, -0.1) is 0 Å². The maximum absolute atomic E-state index is 12.2. The first-order valence-electron chi connectivity index (χ1n) is 6.64. The molecule has 116 valence electrons. The van der Waals surface area contributed by atoms with Gasteiger partial charge in [-0.2, -0.15) is 0 Å². The summed E-state index contributed by atoms with van der Waals surface area (Å²) in [5.41, 5.74) is 5.73. The van der Waals surface area contributed by atoms with E-state index in [1.807, 2.05) is 0 Å². The first kappa shape index (κ1) is 16.9. The Morgan fingerprint density at radius 3 is 2.45 bits per heavy atom. The minimum absolute atomic E-state index is 0.0242. The summed E-state index contributed by atoms with van der Waals surface area (Å²) >= 11 is 0. The second-order valence-electron chi connectivity index (χ2n) is 5.03. The van der Waals surface area contributed by atoms with E-state index in [1.54, 1.807) is 6.92 Å². The lowest BCUT2D eigenvalue weighted by molar-refractivity contribution is -0.149. The van der Waals surface area contributed by atoms with E-state index < -0.39 is 21.8 Å². The molecule has 8 heteroatoms. The van der Waals surface area contributed by atoms with E-state index >= 15 is 0 Å². The number of amides is 1. The SMILES string of the molecule is CCOC(=O)CN(C(=O)C(N)CCS(C)(=O)=O)C1CC1. The van der Waals surface area contributed by atoms with Gasteiger partial charge in [0.05, 0.1) is 18.4 Å². The average molecular weight is 306 g/mol. The van der Waals surface area contributed by atoms with E-state index in [-0.39, 0.29) is 37.3 Å². The summed E-state index contributed by atoms with van der Waals surface area (Å²) < 4.78 is 27.0. The highest BCUT2D eigenvalue weighted by Crippen LogP contribution is 2.27. The molecule has 0 heterocycles. The Balaban J connectivity index is 2.57. The van der Waals surface area contributed by atoms with Gasteiger partial charge in [0.25, 0.3) is 0 Å². The zero-order valence-electron chi connectivity index (χ0n) is 11.9. The van der Waals surface area contributed by atoms with E-state index in [9.17, 15) is 18.0 Å². The molecule has 0 saturated heterocycles. The van der Waals surface area contributed by atoms with Crippen LogP contribution in [0.1, 0.15) is 26.2 Å². The molecule has 1 rings (SSSR count). The Hall–Kier alpha value is -1.15. The summed E-state index contributed by atoms with van der Waals surface area (Å²) in [6.45, 7) is 1.83. The maximum Gasteiger partial charge on any atom is 0.325 e. The fourth-order valence-corrected chi connectivity index (χ4v) is 2.48. The Morgan fingerprint density at radius 2 is 2.00 bits per heavy atom. The van der Waals surface area contributed by atoms with E-state index in [2.05, 4.69) is 0 Å². The van der Waals surface area contributed by atoms with Gasteiger partial charge in [0.2, 0.25) is 5.91 Å². The van der Waals surface area contributed by atoms with Gasteiger partial charge in [-0.25, -0.2) is 8.42 Å². The van der Waals surface area contributed by atoms with Crippen molar-refractivity contribution in [3.63, 3.8) is 0 Å². The lowest BCUT2D eigenvalue weighted by atomic mass is 10.2. The van der Waals surface area contributed by atoms with Crippen molar-refractivity contribution in [2.45, 2.75) is 38.3 Å². The van der Waals surface area contributed by atoms with Crippen molar-refractivity contribution in [1.29, 1.82) is 0 Å². The molecule has 0 aromatic heterocycles. The molecule has 1 unspecified atom stereocenters. The fraction of sp³-hybridized carbons (Fsp3) is 0.833. The van der Waals surface area contributed by atoms with Crippen LogP contribution >= 0.6 is 0 Å². The molecule has 1 atom stereocenters. The second kappa shape index (κ2) is 7.03. The lowest BCUT2D eigenvalue weighted by Crippen LogP contribution is -2.47. The van der Waals surface area contributed by atoms with Gasteiger partial charge in [0.15, 0.2) is 0 Å². The maximum atomic E-state index is 12.2. The Kier molecular flexibility index (Phi) is 5.94. The van der Waals surface area contributed by atoms with E-state index in [0.717, 1.165) is 19.1 Å². The molecule has 1 fully saturated rings. The van der Waals surface area contributed by atoms with Crippen molar-refractivity contribution in [2.75, 3.05) is 25.2 Å². The third kappa shape index (κ3) is 5.87. The number of nitrogens with two attached hydrogens (primary N) is 1. The summed E-state index contributed by atoms with van der Waals surface area (Å²) in [5, 5.41) is 0. The number of hydrogen-bond acceptors (Lipinski definition) is 6. The number of ether oxygens (including phenoxy) is 1. The largest absolute Gasteiger partial charge is 0.465 e. The van der Waals surface area contributed by atoms with E-state index in [0.29, 0.717) is 0 Å². The summed E-state index contributed by atoms with van der Waals surface area (Å²) in [6, 6.07) is -0.879. The zero-order valence-corrected chi connectivity index (χ0v) is 12.7. The molecule has 0 aromatic rings. The predicted molar refractivity (Wildman–Crippen MR) is 73.7 cm³/mol. The highest BCUT2D eigenvalue weighted by Gasteiger charge is 2.36. The van der Waals surface area contributed by atoms with E-state index in [1.165, 1.54) is 4.90 Å². The van der Waals surface area contributed by atoms with Crippen molar-refractivity contribution in [1.82, 2.24) is 4.90 Å². The molecule has 20 heavy (non-hydrogen) atoms. The van der Waals surface area contributed by atoms with Crippen LogP contribution in [0.25, 0.3) is 0 Å². The van der Waals surface area contributed by atoms with Crippen molar-refractivity contribution < 1.29 is 22.7 Å². The smallest absolute Gasteiger partial charge is 0.325 e. The highest BCUT2D eigenvalue weighted by molar-refractivity contribution is 7.90. The molecule has 0 bridgehead atoms. The van der Waals surface area contributed by atoms with Crippen LogP contribution in [0.15, 0.2) is 0 Å². The number of sulfone groups is 1. The van der Waals surface area contributed by atoms with Gasteiger partial charge in [0, 0.05) is 12.3 Å². The van der Waals surface area contributed by atoms with Gasteiger partial charge in [-0.05, 0) is 26.2 Å². The van der Waals surface area contributed by atoms with Crippen molar-refractivity contribution in [3.05, 3.63) is 0 Å². The molecular formula is C12H22N2O5S. The fourth-order valence-electron chi connectivity index (χ4n) is 1.80. The van der Waals surface area contributed by atoms with Crippen LogP contribution in [0.2, 0.25) is 0 Å². The van der Waals surface area contributed by atoms with Crippen LogP contribution in [-0.2, 0) is 24.2 Å². The lowest BCUT2D eigenvalue weighted by Gasteiger charge is -2.24. The third-order valence-electron chi connectivity index (χ3n) is 2.99. The Morgan fingerprint density at radius 1 is 1.40 bits per heavy atom. The van der Waals surface area contributed by atoms with Crippen LogP contribution < -0.4 is 5.73 Å². The molecule has 0 aliphatic heterocycles. The molecular weight excluding hydrogens is 284 g/mol. The predicted octanol–water partition coefficient (Wildman–Crippen LogP) is -0.697. The number of carbonyl (C=O) groups is 2. The molecule has 1 aliphatic carbocycles. The number of esters is 1.